The summed E-state index contributed by atoms with van der Waals surface area (Å²) in [4.78, 5) is 17.8. The summed E-state index contributed by atoms with van der Waals surface area (Å²) in [5.74, 6) is 0.676. The van der Waals surface area contributed by atoms with Crippen molar-refractivity contribution >= 4 is 0 Å². The monoisotopic (exact) mass is 335 g/mol. The van der Waals surface area contributed by atoms with E-state index in [1.807, 2.05) is 18.2 Å². The van der Waals surface area contributed by atoms with Crippen LogP contribution in [0.15, 0.2) is 35.1 Å². The van der Waals surface area contributed by atoms with Crippen molar-refractivity contribution in [2.75, 3.05) is 13.1 Å². The minimum absolute atomic E-state index is 0.247. The van der Waals surface area contributed by atoms with E-state index < -0.39 is 0 Å². The molecule has 1 aromatic carbocycles. The third kappa shape index (κ3) is 4.00. The van der Waals surface area contributed by atoms with E-state index in [0.29, 0.717) is 17.9 Å². The molecule has 0 saturated heterocycles. The summed E-state index contributed by atoms with van der Waals surface area (Å²) in [6.45, 7) is 7.27. The first kappa shape index (κ1) is 17.4. The normalized spacial score (nSPS) is 14.3. The average molecular weight is 335 g/mol. The molecule has 2 heterocycles. The van der Waals surface area contributed by atoms with Gasteiger partial charge < -0.3 is 4.98 Å². The van der Waals surface area contributed by atoms with Crippen LogP contribution in [0.4, 0.5) is 0 Å². The molecule has 2 aromatic rings. The lowest BCUT2D eigenvalue weighted by molar-refractivity contribution is 0.238. The van der Waals surface area contributed by atoms with Gasteiger partial charge in [0.25, 0.3) is 5.56 Å². The van der Waals surface area contributed by atoms with Gasteiger partial charge in [0.1, 0.15) is 11.6 Å². The van der Waals surface area contributed by atoms with Crippen LogP contribution in [0.5, 0.6) is 0 Å². The maximum Gasteiger partial charge on any atom is 0.266 e. The third-order valence-corrected chi connectivity index (χ3v) is 4.94. The minimum Gasteiger partial charge on any atom is -0.324 e. The fourth-order valence-corrected chi connectivity index (χ4v) is 3.49. The maximum absolute atomic E-state index is 12.3. The molecule has 1 aromatic heterocycles. The van der Waals surface area contributed by atoms with E-state index >= 15 is 0 Å². The van der Waals surface area contributed by atoms with Crippen molar-refractivity contribution in [3.8, 4) is 6.07 Å². The van der Waals surface area contributed by atoms with Crippen LogP contribution in [0.3, 0.4) is 0 Å². The molecule has 25 heavy (non-hydrogen) atoms. The Hall–Kier alpha value is -2.38. The number of benzene rings is 1. The Morgan fingerprint density at radius 2 is 2.00 bits per heavy atom. The van der Waals surface area contributed by atoms with Crippen molar-refractivity contribution in [2.45, 2.75) is 39.7 Å². The SMILES string of the molecule is CC(C)CCN1CCc2c(c(Cc3ccccc3)[nH]c(=O)c2C#N)C1. The molecule has 1 aliphatic heterocycles. The largest absolute Gasteiger partial charge is 0.324 e. The number of hydrogen-bond acceptors (Lipinski definition) is 3. The molecule has 0 saturated carbocycles. The van der Waals surface area contributed by atoms with Gasteiger partial charge in [-0.3, -0.25) is 9.69 Å². The number of nitrogens with one attached hydrogen (secondary N) is 1. The van der Waals surface area contributed by atoms with Crippen molar-refractivity contribution < 1.29 is 0 Å². The first-order valence-corrected chi connectivity index (χ1v) is 9.01. The number of nitriles is 1. The summed E-state index contributed by atoms with van der Waals surface area (Å²) in [5.41, 5.74) is 4.29. The minimum atomic E-state index is -0.247. The van der Waals surface area contributed by atoms with Gasteiger partial charge in [0, 0.05) is 25.2 Å². The van der Waals surface area contributed by atoms with E-state index in [-0.39, 0.29) is 5.56 Å². The Kier molecular flexibility index (Phi) is 5.35. The smallest absolute Gasteiger partial charge is 0.266 e. The van der Waals surface area contributed by atoms with Gasteiger partial charge in [-0.1, -0.05) is 44.2 Å². The molecule has 0 unspecified atom stereocenters. The lowest BCUT2D eigenvalue weighted by atomic mass is 9.92. The van der Waals surface area contributed by atoms with Gasteiger partial charge in [0.2, 0.25) is 0 Å². The van der Waals surface area contributed by atoms with Crippen molar-refractivity contribution in [1.82, 2.24) is 9.88 Å². The molecule has 0 bridgehead atoms. The number of aromatic nitrogens is 1. The maximum atomic E-state index is 12.3. The molecule has 3 rings (SSSR count). The molecule has 4 nitrogen and oxygen atoms in total. The van der Waals surface area contributed by atoms with E-state index in [9.17, 15) is 10.1 Å². The molecule has 1 N–H and O–H groups in total. The number of hydrogen-bond donors (Lipinski definition) is 1. The molecule has 0 radical (unpaired) electrons. The number of nitrogens with zero attached hydrogens (tertiary/aromatic N) is 2. The zero-order chi connectivity index (χ0) is 17.8. The van der Waals surface area contributed by atoms with Gasteiger partial charge in [0.15, 0.2) is 0 Å². The molecule has 1 aliphatic rings. The highest BCUT2D eigenvalue weighted by Crippen LogP contribution is 2.25. The van der Waals surface area contributed by atoms with Crippen LogP contribution in [0, 0.1) is 17.2 Å². The molecule has 0 amide bonds. The Labute approximate surface area is 149 Å². The van der Waals surface area contributed by atoms with Crippen LogP contribution >= 0.6 is 0 Å². The second-order valence-electron chi connectivity index (χ2n) is 7.25. The topological polar surface area (TPSA) is 59.9 Å². The van der Waals surface area contributed by atoms with Gasteiger partial charge in [-0.15, -0.1) is 0 Å². The number of rotatable bonds is 5. The summed E-state index contributed by atoms with van der Waals surface area (Å²) in [6, 6.07) is 12.3. The number of pyridine rings is 1. The summed E-state index contributed by atoms with van der Waals surface area (Å²) in [5, 5.41) is 9.41. The average Bonchev–Trinajstić information content (AvgIpc) is 2.61. The van der Waals surface area contributed by atoms with Crippen LogP contribution in [0.1, 0.15) is 48.2 Å². The zero-order valence-corrected chi connectivity index (χ0v) is 15.0. The molecule has 0 spiro atoms. The first-order valence-electron chi connectivity index (χ1n) is 9.01. The highest BCUT2D eigenvalue weighted by molar-refractivity contribution is 5.45. The fourth-order valence-electron chi connectivity index (χ4n) is 3.49. The Morgan fingerprint density at radius 3 is 2.68 bits per heavy atom. The molecule has 4 heteroatoms. The van der Waals surface area contributed by atoms with Crippen molar-refractivity contribution in [2.24, 2.45) is 5.92 Å². The molecular formula is C21H25N3O. The van der Waals surface area contributed by atoms with Crippen molar-refractivity contribution in [3.05, 3.63) is 68.6 Å². The van der Waals surface area contributed by atoms with Crippen LogP contribution in [-0.4, -0.2) is 23.0 Å². The van der Waals surface area contributed by atoms with Gasteiger partial charge in [-0.2, -0.15) is 5.26 Å². The molecule has 0 fully saturated rings. The van der Waals surface area contributed by atoms with E-state index in [0.717, 1.165) is 49.3 Å². The van der Waals surface area contributed by atoms with Gasteiger partial charge in [-0.25, -0.2) is 0 Å². The van der Waals surface area contributed by atoms with Crippen LogP contribution in [0.2, 0.25) is 0 Å². The third-order valence-electron chi connectivity index (χ3n) is 4.94. The van der Waals surface area contributed by atoms with Crippen LogP contribution in [-0.2, 0) is 19.4 Å². The van der Waals surface area contributed by atoms with E-state index in [4.69, 9.17) is 0 Å². The number of fused-ring (bicyclic) bond motifs is 1. The highest BCUT2D eigenvalue weighted by Gasteiger charge is 2.24. The van der Waals surface area contributed by atoms with Crippen molar-refractivity contribution in [3.63, 3.8) is 0 Å². The van der Waals surface area contributed by atoms with E-state index in [1.54, 1.807) is 0 Å². The first-order chi connectivity index (χ1) is 12.1. The lowest BCUT2D eigenvalue weighted by Crippen LogP contribution is -2.35. The van der Waals surface area contributed by atoms with Gasteiger partial charge in [0.05, 0.1) is 0 Å². The Bertz CT molecular complexity index is 831. The molecule has 0 atom stereocenters. The highest BCUT2D eigenvalue weighted by atomic mass is 16.1. The summed E-state index contributed by atoms with van der Waals surface area (Å²) in [7, 11) is 0. The quantitative estimate of drug-likeness (QED) is 0.912. The zero-order valence-electron chi connectivity index (χ0n) is 15.0. The molecule has 130 valence electrons. The predicted octanol–water partition coefficient (Wildman–Crippen LogP) is 3.24. The van der Waals surface area contributed by atoms with Crippen molar-refractivity contribution in [1.29, 1.82) is 5.26 Å². The van der Waals surface area contributed by atoms with Gasteiger partial charge in [-0.05, 0) is 42.0 Å². The second-order valence-corrected chi connectivity index (χ2v) is 7.25. The van der Waals surface area contributed by atoms with Crippen LogP contribution in [0.25, 0.3) is 0 Å². The number of aromatic amines is 1. The summed E-state index contributed by atoms with van der Waals surface area (Å²) >= 11 is 0. The molecular weight excluding hydrogens is 310 g/mol. The standard InChI is InChI=1S/C21H25N3O/c1-15(2)8-10-24-11-9-17-18(13-22)21(25)23-20(19(17)14-24)12-16-6-4-3-5-7-16/h3-7,15H,8-12,14H2,1-2H3,(H,23,25). The summed E-state index contributed by atoms with van der Waals surface area (Å²) < 4.78 is 0. The van der Waals surface area contributed by atoms with E-state index in [2.05, 4.69) is 41.9 Å². The Balaban J connectivity index is 1.95. The molecule has 0 aliphatic carbocycles. The second kappa shape index (κ2) is 7.67. The van der Waals surface area contributed by atoms with Gasteiger partial charge >= 0.3 is 0 Å². The fraction of sp³-hybridized carbons (Fsp3) is 0.429. The van der Waals surface area contributed by atoms with Crippen LogP contribution < -0.4 is 5.56 Å². The van der Waals surface area contributed by atoms with E-state index in [1.165, 1.54) is 5.56 Å². The predicted molar refractivity (Wildman–Crippen MR) is 99.5 cm³/mol. The lowest BCUT2D eigenvalue weighted by Gasteiger charge is -2.31. The summed E-state index contributed by atoms with van der Waals surface area (Å²) in [6.07, 6.45) is 2.64. The number of H-pyrrole nitrogens is 1. The Morgan fingerprint density at radius 1 is 1.24 bits per heavy atom.